The van der Waals surface area contributed by atoms with Gasteiger partial charge in [0.1, 0.15) is 6.04 Å². The largest absolute Gasteiger partial charge is 0.480 e. The molecule has 0 spiro atoms. The number of aliphatic carboxylic acids is 1. The number of nitrogens with zero attached hydrogens (tertiary/aromatic N) is 2. The Kier molecular flexibility index (Phi) is 4.46. The molecule has 2 rings (SSSR count). The van der Waals surface area contributed by atoms with E-state index in [1.54, 1.807) is 6.07 Å². The molecule has 1 aromatic carbocycles. The van der Waals surface area contributed by atoms with E-state index in [0.29, 0.717) is 0 Å². The summed E-state index contributed by atoms with van der Waals surface area (Å²) in [7, 11) is 0. The van der Waals surface area contributed by atoms with Crippen LogP contribution in [0.4, 0.5) is 0 Å². The zero-order chi connectivity index (χ0) is 15.2. The number of carboxylic acids is 1. The van der Waals surface area contributed by atoms with E-state index in [2.05, 4.69) is 10.3 Å². The fourth-order valence-electron chi connectivity index (χ4n) is 1.90. The van der Waals surface area contributed by atoms with Gasteiger partial charge in [0.15, 0.2) is 0 Å². The third-order valence-corrected chi connectivity index (χ3v) is 3.00. The van der Waals surface area contributed by atoms with Crippen LogP contribution in [0.5, 0.6) is 0 Å². The highest BCUT2D eigenvalue weighted by molar-refractivity contribution is 5.99. The Hall–Kier alpha value is -2.94. The molecule has 2 N–H and O–H groups in total. The quantitative estimate of drug-likeness (QED) is 0.869. The number of rotatable bonds is 5. The normalized spacial score (nSPS) is 11.6. The maximum atomic E-state index is 12.1. The lowest BCUT2D eigenvalue weighted by atomic mass is 10.1. The van der Waals surface area contributed by atoms with Crippen molar-refractivity contribution in [3.8, 4) is 6.07 Å². The molecule has 0 aliphatic rings. The lowest BCUT2D eigenvalue weighted by Crippen LogP contribution is -2.40. The molecule has 0 unspecified atom stereocenters. The molecule has 0 aliphatic carbocycles. The van der Waals surface area contributed by atoms with Crippen LogP contribution in [-0.2, 0) is 4.79 Å². The summed E-state index contributed by atoms with van der Waals surface area (Å²) in [6.45, 7) is 0. The molecule has 0 aliphatic heterocycles. The van der Waals surface area contributed by atoms with Crippen LogP contribution in [0.25, 0.3) is 10.9 Å². The van der Waals surface area contributed by atoms with Gasteiger partial charge in [-0.1, -0.05) is 18.2 Å². The van der Waals surface area contributed by atoms with Crippen LogP contribution >= 0.6 is 0 Å². The molecule has 1 heterocycles. The number of hydrogen-bond acceptors (Lipinski definition) is 4. The van der Waals surface area contributed by atoms with Gasteiger partial charge in [0.2, 0.25) is 0 Å². The van der Waals surface area contributed by atoms with Crippen molar-refractivity contribution in [3.63, 3.8) is 0 Å². The Balaban J connectivity index is 2.17. The molecule has 6 heteroatoms. The average Bonchev–Trinajstić information content (AvgIpc) is 2.50. The maximum absolute atomic E-state index is 12.1. The predicted molar refractivity (Wildman–Crippen MR) is 75.5 cm³/mol. The number of benzene rings is 1. The smallest absolute Gasteiger partial charge is 0.326 e. The lowest BCUT2D eigenvalue weighted by molar-refractivity contribution is -0.139. The number of nitriles is 1. The second-order valence-corrected chi connectivity index (χ2v) is 4.48. The van der Waals surface area contributed by atoms with Crippen LogP contribution < -0.4 is 5.32 Å². The van der Waals surface area contributed by atoms with Gasteiger partial charge in [-0.2, -0.15) is 5.26 Å². The van der Waals surface area contributed by atoms with E-state index in [1.807, 2.05) is 30.3 Å². The molecule has 21 heavy (non-hydrogen) atoms. The van der Waals surface area contributed by atoms with E-state index in [4.69, 9.17) is 10.4 Å². The number of hydrogen-bond donors (Lipinski definition) is 2. The first kappa shape index (κ1) is 14.5. The molecule has 2 aromatic rings. The Bertz CT molecular complexity index is 721. The number of nitrogens with one attached hydrogen (secondary N) is 1. The third-order valence-electron chi connectivity index (χ3n) is 3.00. The van der Waals surface area contributed by atoms with E-state index in [0.717, 1.165) is 10.9 Å². The second kappa shape index (κ2) is 6.48. The highest BCUT2D eigenvalue weighted by Crippen LogP contribution is 2.13. The summed E-state index contributed by atoms with van der Waals surface area (Å²) in [5.74, 6) is -1.68. The van der Waals surface area contributed by atoms with Gasteiger partial charge in [0.05, 0.1) is 17.1 Å². The van der Waals surface area contributed by atoms with Crippen LogP contribution in [0.3, 0.4) is 0 Å². The molecule has 0 saturated carbocycles. The number of fused-ring (bicyclic) bond motifs is 1. The number of aromatic nitrogens is 1. The van der Waals surface area contributed by atoms with Gasteiger partial charge in [0, 0.05) is 18.0 Å². The molecule has 0 radical (unpaired) electrons. The molecular formula is C15H13N3O3. The second-order valence-electron chi connectivity index (χ2n) is 4.48. The van der Waals surface area contributed by atoms with E-state index in [1.165, 1.54) is 6.20 Å². The molecular weight excluding hydrogens is 270 g/mol. The van der Waals surface area contributed by atoms with Crippen LogP contribution in [0.1, 0.15) is 23.2 Å². The number of carbonyl (C=O) groups is 2. The minimum atomic E-state index is -1.16. The van der Waals surface area contributed by atoms with Crippen molar-refractivity contribution < 1.29 is 14.7 Å². The van der Waals surface area contributed by atoms with Crippen LogP contribution in [0, 0.1) is 11.3 Å². The molecule has 1 aromatic heterocycles. The number of pyridine rings is 1. The summed E-state index contributed by atoms with van der Waals surface area (Å²) in [6.07, 6.45) is 1.53. The van der Waals surface area contributed by atoms with Crippen molar-refractivity contribution in [2.24, 2.45) is 0 Å². The van der Waals surface area contributed by atoms with Gasteiger partial charge in [0.25, 0.3) is 5.91 Å². The summed E-state index contributed by atoms with van der Waals surface area (Å²) in [5.41, 5.74) is 1.05. The van der Waals surface area contributed by atoms with Crippen molar-refractivity contribution in [1.82, 2.24) is 10.3 Å². The van der Waals surface area contributed by atoms with Crippen LogP contribution in [0.2, 0.25) is 0 Å². The van der Waals surface area contributed by atoms with Gasteiger partial charge < -0.3 is 10.4 Å². The highest BCUT2D eigenvalue weighted by Gasteiger charge is 2.20. The van der Waals surface area contributed by atoms with E-state index in [9.17, 15) is 9.59 Å². The fourth-order valence-corrected chi connectivity index (χ4v) is 1.90. The van der Waals surface area contributed by atoms with Crippen molar-refractivity contribution >= 4 is 22.8 Å². The van der Waals surface area contributed by atoms with Gasteiger partial charge in [-0.3, -0.25) is 9.78 Å². The Morgan fingerprint density at radius 2 is 2.14 bits per heavy atom. The Labute approximate surface area is 121 Å². The number of carboxylic acid groups (broad SMARTS) is 1. The summed E-state index contributed by atoms with van der Waals surface area (Å²) < 4.78 is 0. The molecule has 0 bridgehead atoms. The minimum Gasteiger partial charge on any atom is -0.480 e. The van der Waals surface area contributed by atoms with Gasteiger partial charge in [-0.05, 0) is 18.6 Å². The summed E-state index contributed by atoms with van der Waals surface area (Å²) in [6, 6.07) is 9.76. The Morgan fingerprint density at radius 1 is 1.38 bits per heavy atom. The monoisotopic (exact) mass is 283 g/mol. The van der Waals surface area contributed by atoms with E-state index < -0.39 is 17.9 Å². The first-order valence-electron chi connectivity index (χ1n) is 6.37. The minimum absolute atomic E-state index is 0.0627. The van der Waals surface area contributed by atoms with Crippen molar-refractivity contribution in [2.45, 2.75) is 18.9 Å². The van der Waals surface area contributed by atoms with Gasteiger partial charge >= 0.3 is 5.97 Å². The first-order chi connectivity index (χ1) is 10.1. The third kappa shape index (κ3) is 3.54. The average molecular weight is 283 g/mol. The molecule has 106 valence electrons. The molecule has 0 fully saturated rings. The maximum Gasteiger partial charge on any atom is 0.326 e. The molecule has 0 saturated heterocycles. The lowest BCUT2D eigenvalue weighted by Gasteiger charge is -2.13. The first-order valence-corrected chi connectivity index (χ1v) is 6.37. The van der Waals surface area contributed by atoms with Gasteiger partial charge in [-0.25, -0.2) is 4.79 Å². The van der Waals surface area contributed by atoms with Crippen molar-refractivity contribution in [1.29, 1.82) is 5.26 Å². The van der Waals surface area contributed by atoms with E-state index in [-0.39, 0.29) is 18.4 Å². The SMILES string of the molecule is N#CCC[C@H](NC(=O)c1cnc2ccccc2c1)C(=O)O. The Morgan fingerprint density at radius 3 is 2.86 bits per heavy atom. The number of para-hydroxylation sites is 1. The van der Waals surface area contributed by atoms with Gasteiger partial charge in [-0.15, -0.1) is 0 Å². The highest BCUT2D eigenvalue weighted by atomic mass is 16.4. The zero-order valence-electron chi connectivity index (χ0n) is 11.1. The van der Waals surface area contributed by atoms with Crippen molar-refractivity contribution in [3.05, 3.63) is 42.1 Å². The topological polar surface area (TPSA) is 103 Å². The summed E-state index contributed by atoms with van der Waals surface area (Å²) in [5, 5.41) is 20.7. The summed E-state index contributed by atoms with van der Waals surface area (Å²) in [4.78, 5) is 27.3. The molecule has 1 atom stereocenters. The molecule has 6 nitrogen and oxygen atoms in total. The zero-order valence-corrected chi connectivity index (χ0v) is 11.1. The van der Waals surface area contributed by atoms with E-state index >= 15 is 0 Å². The standard InChI is InChI=1S/C15H13N3O3/c16-7-3-6-13(15(20)21)18-14(19)11-8-10-4-1-2-5-12(10)17-9-11/h1-2,4-5,8-9,13H,3,6H2,(H,18,19)(H,20,21)/t13-/m0/s1. The van der Waals surface area contributed by atoms with Crippen LogP contribution in [-0.4, -0.2) is 28.0 Å². The molecule has 1 amide bonds. The summed E-state index contributed by atoms with van der Waals surface area (Å²) >= 11 is 0. The number of carbonyl (C=O) groups excluding carboxylic acids is 1. The number of amides is 1. The predicted octanol–water partition coefficient (Wildman–Crippen LogP) is 1.72. The van der Waals surface area contributed by atoms with Crippen molar-refractivity contribution in [2.75, 3.05) is 0 Å². The van der Waals surface area contributed by atoms with Crippen LogP contribution in [0.15, 0.2) is 36.5 Å². The fraction of sp³-hybridized carbons (Fsp3) is 0.200.